The molecule has 1 aliphatic rings. The standard InChI is InChI=1S/C13H26N2O/c1-5-10(2)11(14)12(16)15-8-6-7-13(3,4)9-15/h10-11H,5-9,14H2,1-4H3. The molecule has 2 unspecified atom stereocenters. The lowest BCUT2D eigenvalue weighted by atomic mass is 9.83. The van der Waals surface area contributed by atoms with Crippen LogP contribution in [0.15, 0.2) is 0 Å². The van der Waals surface area contributed by atoms with Crippen LogP contribution in [0.5, 0.6) is 0 Å². The van der Waals surface area contributed by atoms with Crippen molar-refractivity contribution >= 4 is 5.91 Å². The van der Waals surface area contributed by atoms with Crippen LogP contribution in [0.25, 0.3) is 0 Å². The van der Waals surface area contributed by atoms with E-state index in [9.17, 15) is 4.79 Å². The predicted molar refractivity (Wildman–Crippen MR) is 67.0 cm³/mol. The summed E-state index contributed by atoms with van der Waals surface area (Å²) in [5.74, 6) is 0.416. The molecular formula is C13H26N2O. The van der Waals surface area contributed by atoms with Gasteiger partial charge in [-0.25, -0.2) is 0 Å². The quantitative estimate of drug-likeness (QED) is 0.800. The van der Waals surface area contributed by atoms with Gasteiger partial charge in [0.2, 0.25) is 5.91 Å². The first kappa shape index (κ1) is 13.5. The number of rotatable bonds is 3. The average molecular weight is 226 g/mol. The van der Waals surface area contributed by atoms with E-state index in [0.717, 1.165) is 25.9 Å². The number of carbonyl (C=O) groups excluding carboxylic acids is 1. The Kier molecular flexibility index (Phi) is 4.36. The third kappa shape index (κ3) is 3.21. The van der Waals surface area contributed by atoms with E-state index in [4.69, 9.17) is 5.73 Å². The lowest BCUT2D eigenvalue weighted by molar-refractivity contribution is -0.136. The Hall–Kier alpha value is -0.570. The Labute approximate surface area is 99.4 Å². The summed E-state index contributed by atoms with van der Waals surface area (Å²) >= 11 is 0. The third-order valence-electron chi connectivity index (χ3n) is 3.75. The number of hydrogen-bond donors (Lipinski definition) is 1. The van der Waals surface area contributed by atoms with Crippen LogP contribution in [-0.2, 0) is 4.79 Å². The van der Waals surface area contributed by atoms with Gasteiger partial charge in [-0.1, -0.05) is 34.1 Å². The Morgan fingerprint density at radius 3 is 2.62 bits per heavy atom. The molecule has 0 saturated carbocycles. The molecule has 1 saturated heterocycles. The van der Waals surface area contributed by atoms with Crippen LogP contribution >= 0.6 is 0 Å². The summed E-state index contributed by atoms with van der Waals surface area (Å²) in [6.45, 7) is 10.3. The van der Waals surface area contributed by atoms with Gasteiger partial charge in [0.1, 0.15) is 0 Å². The number of nitrogens with two attached hydrogens (primary N) is 1. The molecule has 1 rings (SSSR count). The van der Waals surface area contributed by atoms with Crippen LogP contribution in [0, 0.1) is 11.3 Å². The summed E-state index contributed by atoms with van der Waals surface area (Å²) in [5, 5.41) is 0. The van der Waals surface area contributed by atoms with Crippen molar-refractivity contribution in [3.05, 3.63) is 0 Å². The highest BCUT2D eigenvalue weighted by atomic mass is 16.2. The van der Waals surface area contributed by atoms with Gasteiger partial charge in [0, 0.05) is 13.1 Å². The molecule has 94 valence electrons. The van der Waals surface area contributed by atoms with Crippen molar-refractivity contribution in [2.24, 2.45) is 17.1 Å². The van der Waals surface area contributed by atoms with E-state index in [1.165, 1.54) is 6.42 Å². The van der Waals surface area contributed by atoms with Crippen molar-refractivity contribution in [1.82, 2.24) is 4.90 Å². The van der Waals surface area contributed by atoms with Crippen LogP contribution in [-0.4, -0.2) is 29.9 Å². The number of piperidine rings is 1. The first-order valence-electron chi connectivity index (χ1n) is 6.42. The molecule has 0 aromatic heterocycles. The maximum atomic E-state index is 12.2. The fraction of sp³-hybridized carbons (Fsp3) is 0.923. The van der Waals surface area contributed by atoms with Gasteiger partial charge < -0.3 is 10.6 Å². The van der Waals surface area contributed by atoms with Crippen molar-refractivity contribution < 1.29 is 4.79 Å². The van der Waals surface area contributed by atoms with Crippen LogP contribution in [0.3, 0.4) is 0 Å². The van der Waals surface area contributed by atoms with Crippen molar-refractivity contribution in [1.29, 1.82) is 0 Å². The van der Waals surface area contributed by atoms with Gasteiger partial charge in [-0.05, 0) is 24.2 Å². The number of likely N-dealkylation sites (tertiary alicyclic amines) is 1. The third-order valence-corrected chi connectivity index (χ3v) is 3.75. The van der Waals surface area contributed by atoms with Gasteiger partial charge in [0.15, 0.2) is 0 Å². The van der Waals surface area contributed by atoms with E-state index >= 15 is 0 Å². The van der Waals surface area contributed by atoms with Crippen LogP contribution in [0.1, 0.15) is 47.0 Å². The maximum absolute atomic E-state index is 12.2. The van der Waals surface area contributed by atoms with Crippen LogP contribution < -0.4 is 5.73 Å². The summed E-state index contributed by atoms with van der Waals surface area (Å²) in [6, 6.07) is -0.320. The SMILES string of the molecule is CCC(C)C(N)C(=O)N1CCCC(C)(C)C1. The topological polar surface area (TPSA) is 46.3 Å². The molecule has 2 N–H and O–H groups in total. The van der Waals surface area contributed by atoms with Gasteiger partial charge in [-0.3, -0.25) is 4.79 Å². The summed E-state index contributed by atoms with van der Waals surface area (Å²) in [6.07, 6.45) is 3.27. The normalized spacial score (nSPS) is 23.9. The van der Waals surface area contributed by atoms with E-state index in [1.807, 2.05) is 4.90 Å². The zero-order chi connectivity index (χ0) is 12.3. The van der Waals surface area contributed by atoms with Crippen LogP contribution in [0.2, 0.25) is 0 Å². The van der Waals surface area contributed by atoms with Gasteiger partial charge in [-0.15, -0.1) is 0 Å². The average Bonchev–Trinajstić information content (AvgIpc) is 2.24. The molecule has 3 heteroatoms. The fourth-order valence-electron chi connectivity index (χ4n) is 2.32. The lowest BCUT2D eigenvalue weighted by Crippen LogP contribution is -2.52. The van der Waals surface area contributed by atoms with Crippen molar-refractivity contribution in [3.8, 4) is 0 Å². The number of nitrogens with zero attached hydrogens (tertiary/aromatic N) is 1. The van der Waals surface area contributed by atoms with Crippen molar-refractivity contribution in [3.63, 3.8) is 0 Å². The molecule has 1 heterocycles. The molecule has 2 atom stereocenters. The van der Waals surface area contributed by atoms with Crippen molar-refractivity contribution in [2.75, 3.05) is 13.1 Å². The maximum Gasteiger partial charge on any atom is 0.239 e. The highest BCUT2D eigenvalue weighted by molar-refractivity contribution is 5.82. The molecule has 0 aromatic rings. The second kappa shape index (κ2) is 5.17. The number of carbonyl (C=O) groups is 1. The number of amides is 1. The van der Waals surface area contributed by atoms with Gasteiger partial charge in [-0.2, -0.15) is 0 Å². The summed E-state index contributed by atoms with van der Waals surface area (Å²) in [5.41, 5.74) is 6.25. The van der Waals surface area contributed by atoms with E-state index in [0.29, 0.717) is 0 Å². The van der Waals surface area contributed by atoms with E-state index < -0.39 is 0 Å². The Bertz CT molecular complexity index is 250. The molecule has 1 aliphatic heterocycles. The van der Waals surface area contributed by atoms with Gasteiger partial charge in [0.05, 0.1) is 6.04 Å². The van der Waals surface area contributed by atoms with E-state index in [1.54, 1.807) is 0 Å². The molecule has 0 radical (unpaired) electrons. The van der Waals surface area contributed by atoms with Crippen LogP contribution in [0.4, 0.5) is 0 Å². The molecule has 0 spiro atoms. The Morgan fingerprint density at radius 2 is 2.12 bits per heavy atom. The second-order valence-electron chi connectivity index (χ2n) is 5.94. The fourth-order valence-corrected chi connectivity index (χ4v) is 2.32. The zero-order valence-electron chi connectivity index (χ0n) is 11.1. The molecule has 16 heavy (non-hydrogen) atoms. The zero-order valence-corrected chi connectivity index (χ0v) is 11.1. The smallest absolute Gasteiger partial charge is 0.239 e. The second-order valence-corrected chi connectivity index (χ2v) is 5.94. The van der Waals surface area contributed by atoms with Crippen molar-refractivity contribution in [2.45, 2.75) is 53.0 Å². The summed E-state index contributed by atoms with van der Waals surface area (Å²) in [4.78, 5) is 14.1. The largest absolute Gasteiger partial charge is 0.341 e. The number of hydrogen-bond acceptors (Lipinski definition) is 2. The minimum absolute atomic E-state index is 0.141. The first-order chi connectivity index (χ1) is 7.37. The molecule has 1 fully saturated rings. The van der Waals surface area contributed by atoms with Gasteiger partial charge in [0.25, 0.3) is 0 Å². The monoisotopic (exact) mass is 226 g/mol. The lowest BCUT2D eigenvalue weighted by Gasteiger charge is -2.39. The molecular weight excluding hydrogens is 200 g/mol. The molecule has 1 amide bonds. The molecule has 0 aromatic carbocycles. The van der Waals surface area contributed by atoms with E-state index in [-0.39, 0.29) is 23.3 Å². The van der Waals surface area contributed by atoms with E-state index in [2.05, 4.69) is 27.7 Å². The predicted octanol–water partition coefficient (Wildman–Crippen LogP) is 2.01. The first-order valence-corrected chi connectivity index (χ1v) is 6.42. The summed E-state index contributed by atoms with van der Waals surface area (Å²) < 4.78 is 0. The molecule has 3 nitrogen and oxygen atoms in total. The molecule has 0 bridgehead atoms. The molecule has 0 aliphatic carbocycles. The minimum Gasteiger partial charge on any atom is -0.341 e. The Morgan fingerprint density at radius 1 is 1.50 bits per heavy atom. The van der Waals surface area contributed by atoms with Gasteiger partial charge >= 0.3 is 0 Å². The summed E-state index contributed by atoms with van der Waals surface area (Å²) in [7, 11) is 0. The highest BCUT2D eigenvalue weighted by Gasteiger charge is 2.32. The minimum atomic E-state index is -0.320. The Balaban J connectivity index is 2.60. The highest BCUT2D eigenvalue weighted by Crippen LogP contribution is 2.28.